The van der Waals surface area contributed by atoms with E-state index in [1.54, 1.807) is 0 Å². The molecule has 0 fully saturated rings. The Labute approximate surface area is 175 Å². The zero-order valence-corrected chi connectivity index (χ0v) is 17.4. The Balaban J connectivity index is 6.08. The monoisotopic (exact) mass is 426 g/mol. The molecule has 0 radical (unpaired) electrons. The molecule has 0 rings (SSSR count). The number of esters is 4. The molecule has 0 aliphatic carbocycles. The van der Waals surface area contributed by atoms with Gasteiger partial charge in [0.2, 0.25) is 0 Å². The van der Waals surface area contributed by atoms with Gasteiger partial charge in [0.1, 0.15) is 13.2 Å². The Morgan fingerprint density at radius 1 is 0.633 bits per heavy atom. The summed E-state index contributed by atoms with van der Waals surface area (Å²) in [5, 5.41) is 0. The maximum Gasteiger partial charge on any atom is 0.303 e. The van der Waals surface area contributed by atoms with Gasteiger partial charge in [0.25, 0.3) is 0 Å². The molecule has 30 heavy (non-hydrogen) atoms. The molecule has 0 bridgehead atoms. The molecule has 0 aromatic rings. The first-order valence-corrected chi connectivity index (χ1v) is 8.83. The van der Waals surface area contributed by atoms with Crippen molar-refractivity contribution in [2.45, 2.75) is 52.1 Å². The van der Waals surface area contributed by atoms with Crippen molar-refractivity contribution in [3.8, 4) is 24.7 Å². The molecular weight excluding hydrogens is 400 g/mol. The Hall–Kier alpha value is -3.08. The molecule has 0 saturated heterocycles. The highest BCUT2D eigenvalue weighted by Gasteiger charge is 2.43. The molecule has 0 heterocycles. The first kappa shape index (κ1) is 26.9. The van der Waals surface area contributed by atoms with E-state index >= 15 is 0 Å². The van der Waals surface area contributed by atoms with Crippen LogP contribution in [0.15, 0.2) is 0 Å². The van der Waals surface area contributed by atoms with Crippen molar-refractivity contribution in [1.82, 2.24) is 0 Å². The molecule has 0 amide bonds. The van der Waals surface area contributed by atoms with E-state index in [1.807, 2.05) is 0 Å². The van der Waals surface area contributed by atoms with Crippen molar-refractivity contribution in [2.24, 2.45) is 0 Å². The molecule has 0 aliphatic heterocycles. The van der Waals surface area contributed by atoms with Crippen molar-refractivity contribution in [3.63, 3.8) is 0 Å². The van der Waals surface area contributed by atoms with Gasteiger partial charge in [0.15, 0.2) is 24.4 Å². The fourth-order valence-electron chi connectivity index (χ4n) is 2.38. The van der Waals surface area contributed by atoms with Gasteiger partial charge in [0, 0.05) is 27.7 Å². The van der Waals surface area contributed by atoms with Crippen molar-refractivity contribution in [1.29, 1.82) is 0 Å². The number of rotatable bonds is 13. The van der Waals surface area contributed by atoms with Crippen LogP contribution in [0.3, 0.4) is 0 Å². The van der Waals surface area contributed by atoms with Crippen LogP contribution in [-0.4, -0.2) is 74.7 Å². The average molecular weight is 426 g/mol. The summed E-state index contributed by atoms with van der Waals surface area (Å²) in [4.78, 5) is 46.6. The van der Waals surface area contributed by atoms with Crippen LogP contribution < -0.4 is 0 Å². The lowest BCUT2D eigenvalue weighted by Gasteiger charge is -2.35. The molecular formula is C20H26O10. The topological polar surface area (TPSA) is 124 Å². The quantitative estimate of drug-likeness (QED) is 0.172. The fraction of sp³-hybridized carbons (Fsp3) is 0.600. The van der Waals surface area contributed by atoms with Crippen LogP contribution in [0, 0.1) is 24.7 Å². The summed E-state index contributed by atoms with van der Waals surface area (Å²) in [5.74, 6) is 1.46. The van der Waals surface area contributed by atoms with E-state index < -0.39 is 48.3 Å². The molecule has 0 saturated carbocycles. The summed E-state index contributed by atoms with van der Waals surface area (Å²) in [6, 6.07) is 0. The third-order valence-electron chi connectivity index (χ3n) is 3.23. The Morgan fingerprint density at radius 2 is 0.933 bits per heavy atom. The number of terminal acetylenes is 2. The van der Waals surface area contributed by atoms with Gasteiger partial charge in [-0.1, -0.05) is 11.8 Å². The number of carbonyl (C=O) groups excluding carboxylic acids is 4. The molecule has 0 unspecified atom stereocenters. The van der Waals surface area contributed by atoms with Crippen LogP contribution in [0.5, 0.6) is 0 Å². The van der Waals surface area contributed by atoms with E-state index in [-0.39, 0.29) is 26.4 Å². The minimum Gasteiger partial charge on any atom is -0.456 e. The lowest BCUT2D eigenvalue weighted by molar-refractivity contribution is -0.205. The summed E-state index contributed by atoms with van der Waals surface area (Å²) in [6.07, 6.45) is 4.98. The van der Waals surface area contributed by atoms with Gasteiger partial charge in [-0.3, -0.25) is 19.2 Å². The minimum absolute atomic E-state index is 0.124. The van der Waals surface area contributed by atoms with Gasteiger partial charge < -0.3 is 28.4 Å². The summed E-state index contributed by atoms with van der Waals surface area (Å²) in [7, 11) is 0. The zero-order valence-electron chi connectivity index (χ0n) is 17.4. The van der Waals surface area contributed by atoms with Crippen molar-refractivity contribution in [2.75, 3.05) is 26.4 Å². The molecule has 0 aliphatic rings. The molecule has 0 spiro atoms. The third-order valence-corrected chi connectivity index (χ3v) is 3.23. The van der Waals surface area contributed by atoms with Crippen LogP contribution in [0.2, 0.25) is 0 Å². The van der Waals surface area contributed by atoms with E-state index in [0.717, 1.165) is 27.7 Å². The highest BCUT2D eigenvalue weighted by atomic mass is 16.6. The smallest absolute Gasteiger partial charge is 0.303 e. The second-order valence-electron chi connectivity index (χ2n) is 5.88. The average Bonchev–Trinajstić information content (AvgIpc) is 2.62. The predicted molar refractivity (Wildman–Crippen MR) is 102 cm³/mol. The molecule has 166 valence electrons. The SMILES string of the molecule is C#CCOC[C@@H](OC(C)=O)[C@@H](OC(C)=O)[C@H](OC(C)=O)[C@@H](COCC#C)OC(C)=O. The zero-order chi connectivity index (χ0) is 23.1. The summed E-state index contributed by atoms with van der Waals surface area (Å²) >= 11 is 0. The molecule has 0 N–H and O–H groups in total. The highest BCUT2D eigenvalue weighted by molar-refractivity contribution is 5.69. The van der Waals surface area contributed by atoms with Crippen LogP contribution in [0.1, 0.15) is 27.7 Å². The van der Waals surface area contributed by atoms with Crippen LogP contribution >= 0.6 is 0 Å². The van der Waals surface area contributed by atoms with Gasteiger partial charge >= 0.3 is 23.9 Å². The van der Waals surface area contributed by atoms with Gasteiger partial charge in [-0.25, -0.2) is 0 Å². The lowest BCUT2D eigenvalue weighted by atomic mass is 10.0. The predicted octanol–water partition coefficient (Wildman–Crippen LogP) is 0.0128. The van der Waals surface area contributed by atoms with Crippen molar-refractivity contribution >= 4 is 23.9 Å². The number of hydrogen-bond donors (Lipinski definition) is 0. The van der Waals surface area contributed by atoms with Gasteiger partial charge in [-0.2, -0.15) is 0 Å². The summed E-state index contributed by atoms with van der Waals surface area (Å²) < 4.78 is 31.3. The van der Waals surface area contributed by atoms with Crippen LogP contribution in [0.25, 0.3) is 0 Å². The normalized spacial score (nSPS) is 14.1. The van der Waals surface area contributed by atoms with Crippen LogP contribution in [0.4, 0.5) is 0 Å². The largest absolute Gasteiger partial charge is 0.456 e. The lowest BCUT2D eigenvalue weighted by Crippen LogP contribution is -2.54. The van der Waals surface area contributed by atoms with Gasteiger partial charge in [-0.15, -0.1) is 12.8 Å². The maximum absolute atomic E-state index is 11.7. The van der Waals surface area contributed by atoms with E-state index in [1.165, 1.54) is 0 Å². The third kappa shape index (κ3) is 11.7. The van der Waals surface area contributed by atoms with Gasteiger partial charge in [-0.05, 0) is 0 Å². The Morgan fingerprint density at radius 3 is 1.17 bits per heavy atom. The van der Waals surface area contributed by atoms with E-state index in [0.29, 0.717) is 0 Å². The second kappa shape index (κ2) is 14.9. The van der Waals surface area contributed by atoms with E-state index in [4.69, 9.17) is 41.3 Å². The van der Waals surface area contributed by atoms with Crippen LogP contribution in [-0.2, 0) is 47.6 Å². The van der Waals surface area contributed by atoms with Crippen molar-refractivity contribution in [3.05, 3.63) is 0 Å². The Bertz CT molecular complexity index is 614. The molecule has 0 aromatic carbocycles. The standard InChI is InChI=1S/C20H26O10/c1-7-9-25-11-17(27-13(3)21)19(29-15(5)23)20(30-16(6)24)18(28-14(4)22)12-26-10-8-2/h1-2,17-20H,9-12H2,3-6H3/t17-,18-,19-,20-/m1/s1. The first-order valence-electron chi connectivity index (χ1n) is 8.83. The molecule has 10 nitrogen and oxygen atoms in total. The summed E-state index contributed by atoms with van der Waals surface area (Å²) in [5.41, 5.74) is 0. The number of ether oxygens (including phenoxy) is 6. The maximum atomic E-state index is 11.7. The highest BCUT2D eigenvalue weighted by Crippen LogP contribution is 2.20. The van der Waals surface area contributed by atoms with Crippen molar-refractivity contribution < 1.29 is 47.6 Å². The minimum atomic E-state index is -1.41. The molecule has 10 heteroatoms. The molecule has 4 atom stereocenters. The first-order chi connectivity index (χ1) is 14.1. The Kier molecular flexibility index (Phi) is 13.3. The second-order valence-corrected chi connectivity index (χ2v) is 5.88. The number of carbonyl (C=O) groups is 4. The molecule has 0 aromatic heterocycles. The summed E-state index contributed by atoms with van der Waals surface area (Å²) in [6.45, 7) is 3.61. The van der Waals surface area contributed by atoms with E-state index in [2.05, 4.69) is 11.8 Å². The fourth-order valence-corrected chi connectivity index (χ4v) is 2.38. The van der Waals surface area contributed by atoms with E-state index in [9.17, 15) is 19.2 Å². The number of hydrogen-bond acceptors (Lipinski definition) is 10. The van der Waals surface area contributed by atoms with Gasteiger partial charge in [0.05, 0.1) is 13.2 Å².